The van der Waals surface area contributed by atoms with Crippen molar-refractivity contribution in [3.8, 4) is 5.75 Å². The Morgan fingerprint density at radius 2 is 1.75 bits per heavy atom. The number of amides is 2. The molecule has 2 aromatic rings. The van der Waals surface area contributed by atoms with Crippen LogP contribution in [0.3, 0.4) is 0 Å². The number of hydrogen-bond donors (Lipinski definition) is 0. The Morgan fingerprint density at radius 1 is 1.00 bits per heavy atom. The molecule has 28 heavy (non-hydrogen) atoms. The van der Waals surface area contributed by atoms with Gasteiger partial charge >= 0.3 is 5.97 Å². The van der Waals surface area contributed by atoms with E-state index in [2.05, 4.69) is 6.92 Å². The maximum atomic E-state index is 12.9. The summed E-state index contributed by atoms with van der Waals surface area (Å²) in [5, 5.41) is 0. The fourth-order valence-corrected chi connectivity index (χ4v) is 4.26. The third-order valence-corrected chi connectivity index (χ3v) is 5.69. The molecule has 0 bridgehead atoms. The topological polar surface area (TPSA) is 63.7 Å². The highest BCUT2D eigenvalue weighted by Crippen LogP contribution is 2.42. The Hall–Kier alpha value is -2.95. The minimum Gasteiger partial charge on any atom is -0.426 e. The Balaban J connectivity index is 1.50. The fraction of sp³-hybridized carbons (Fsp3) is 0.348. The summed E-state index contributed by atoms with van der Waals surface area (Å²) in [6.07, 6.45) is 2.66. The molecule has 144 valence electrons. The number of hydrogen-bond acceptors (Lipinski definition) is 4. The number of ether oxygens (including phenoxy) is 1. The molecule has 1 saturated heterocycles. The number of benzene rings is 2. The van der Waals surface area contributed by atoms with Crippen molar-refractivity contribution >= 4 is 23.5 Å². The van der Waals surface area contributed by atoms with Crippen LogP contribution >= 0.6 is 0 Å². The molecule has 1 aliphatic carbocycles. The van der Waals surface area contributed by atoms with Crippen LogP contribution in [0.25, 0.3) is 0 Å². The zero-order valence-electron chi connectivity index (χ0n) is 15.8. The van der Waals surface area contributed by atoms with E-state index in [1.807, 2.05) is 30.3 Å². The molecule has 2 fully saturated rings. The van der Waals surface area contributed by atoms with Crippen LogP contribution in [0.5, 0.6) is 5.75 Å². The van der Waals surface area contributed by atoms with Gasteiger partial charge in [-0.25, -0.2) is 4.90 Å². The number of nitrogens with zero attached hydrogens (tertiary/aromatic N) is 1. The third-order valence-electron chi connectivity index (χ3n) is 5.69. The summed E-state index contributed by atoms with van der Waals surface area (Å²) in [6, 6.07) is 16.0. The fourth-order valence-electron chi connectivity index (χ4n) is 4.26. The van der Waals surface area contributed by atoms with Crippen LogP contribution < -0.4 is 9.64 Å². The van der Waals surface area contributed by atoms with Crippen LogP contribution in [0, 0.1) is 17.8 Å². The quantitative estimate of drug-likeness (QED) is 0.462. The average Bonchev–Trinajstić information content (AvgIpc) is 2.92. The van der Waals surface area contributed by atoms with Gasteiger partial charge in [-0.1, -0.05) is 43.3 Å². The smallest absolute Gasteiger partial charge is 0.315 e. The van der Waals surface area contributed by atoms with Crippen molar-refractivity contribution in [2.45, 2.75) is 32.6 Å². The normalized spacial score (nSPS) is 24.2. The molecule has 2 aromatic carbocycles. The first kappa shape index (κ1) is 18.4. The first-order valence-corrected chi connectivity index (χ1v) is 9.75. The van der Waals surface area contributed by atoms with E-state index >= 15 is 0 Å². The van der Waals surface area contributed by atoms with E-state index < -0.39 is 0 Å². The summed E-state index contributed by atoms with van der Waals surface area (Å²) in [6.45, 7) is 2.13. The van der Waals surface area contributed by atoms with E-state index in [-0.39, 0.29) is 36.0 Å². The van der Waals surface area contributed by atoms with Crippen LogP contribution in [-0.2, 0) is 20.8 Å². The van der Waals surface area contributed by atoms with E-state index in [4.69, 9.17) is 4.74 Å². The highest BCUT2D eigenvalue weighted by molar-refractivity contribution is 6.22. The standard InChI is InChI=1S/C23H23NO4/c1-15-10-11-19-20(12-15)23(27)24(22(19)26)17-8-5-9-18(14-17)28-21(25)13-16-6-3-2-4-7-16/h2-9,14-15,19-20H,10-13H2,1H3/t15-,19+,20-/m0/s1. The van der Waals surface area contributed by atoms with Crippen molar-refractivity contribution in [2.75, 3.05) is 4.90 Å². The molecule has 4 rings (SSSR count). The summed E-state index contributed by atoms with van der Waals surface area (Å²) in [5.74, 6) is -0.284. The zero-order chi connectivity index (χ0) is 19.7. The van der Waals surface area contributed by atoms with Crippen LogP contribution in [0.15, 0.2) is 54.6 Å². The second kappa shape index (κ2) is 7.58. The van der Waals surface area contributed by atoms with Gasteiger partial charge in [0.15, 0.2) is 0 Å². The second-order valence-corrected chi connectivity index (χ2v) is 7.78. The molecule has 2 amide bonds. The van der Waals surface area contributed by atoms with Gasteiger partial charge in [0.1, 0.15) is 5.75 Å². The Bertz CT molecular complexity index is 908. The predicted molar refractivity (Wildman–Crippen MR) is 105 cm³/mol. The number of rotatable bonds is 4. The molecule has 3 atom stereocenters. The summed E-state index contributed by atoms with van der Waals surface area (Å²) in [4.78, 5) is 39.2. The molecule has 0 N–H and O–H groups in total. The minimum absolute atomic E-state index is 0.130. The Kier molecular flexibility index (Phi) is 4.99. The van der Waals surface area contributed by atoms with Gasteiger partial charge in [0.05, 0.1) is 23.9 Å². The van der Waals surface area contributed by atoms with Gasteiger partial charge < -0.3 is 4.74 Å². The van der Waals surface area contributed by atoms with Crippen LogP contribution in [0.1, 0.15) is 31.7 Å². The molecule has 0 radical (unpaired) electrons. The molecule has 1 saturated carbocycles. The van der Waals surface area contributed by atoms with Gasteiger partial charge in [0.2, 0.25) is 11.8 Å². The van der Waals surface area contributed by atoms with E-state index in [1.165, 1.54) is 4.90 Å². The number of carbonyl (C=O) groups excluding carboxylic acids is 3. The number of esters is 1. The molecule has 0 aromatic heterocycles. The van der Waals surface area contributed by atoms with Crippen LogP contribution in [0.4, 0.5) is 5.69 Å². The predicted octanol–water partition coefficient (Wildman–Crippen LogP) is 3.76. The lowest BCUT2D eigenvalue weighted by Crippen LogP contribution is -2.30. The van der Waals surface area contributed by atoms with Gasteiger partial charge in [-0.05, 0) is 42.9 Å². The van der Waals surface area contributed by atoms with Gasteiger partial charge in [-0.3, -0.25) is 14.4 Å². The van der Waals surface area contributed by atoms with E-state index in [0.29, 0.717) is 17.4 Å². The lowest BCUT2D eigenvalue weighted by atomic mass is 9.76. The SMILES string of the molecule is C[C@H]1CC[C@H]2C(=O)N(c3cccc(OC(=O)Cc4ccccc4)c3)C(=O)[C@H]2C1. The Labute approximate surface area is 164 Å². The van der Waals surface area contributed by atoms with Crippen LogP contribution in [0.2, 0.25) is 0 Å². The zero-order valence-corrected chi connectivity index (χ0v) is 15.8. The molecular formula is C23H23NO4. The van der Waals surface area contributed by atoms with Gasteiger partial charge in [-0.15, -0.1) is 0 Å². The maximum Gasteiger partial charge on any atom is 0.315 e. The summed E-state index contributed by atoms with van der Waals surface area (Å²) >= 11 is 0. The van der Waals surface area contributed by atoms with E-state index in [0.717, 1.165) is 24.8 Å². The van der Waals surface area contributed by atoms with Crippen molar-refractivity contribution in [1.29, 1.82) is 0 Å². The second-order valence-electron chi connectivity index (χ2n) is 7.78. The summed E-state index contributed by atoms with van der Waals surface area (Å²) in [7, 11) is 0. The van der Waals surface area contributed by atoms with Gasteiger partial charge in [0.25, 0.3) is 0 Å². The molecule has 1 heterocycles. The van der Waals surface area contributed by atoms with Crippen molar-refractivity contribution < 1.29 is 19.1 Å². The minimum atomic E-state index is -0.384. The van der Waals surface area contributed by atoms with E-state index in [9.17, 15) is 14.4 Å². The largest absolute Gasteiger partial charge is 0.426 e. The van der Waals surface area contributed by atoms with Crippen molar-refractivity contribution in [1.82, 2.24) is 0 Å². The van der Waals surface area contributed by atoms with Crippen LogP contribution in [-0.4, -0.2) is 17.8 Å². The first-order valence-electron chi connectivity index (χ1n) is 9.75. The Morgan fingerprint density at radius 3 is 2.54 bits per heavy atom. The van der Waals surface area contributed by atoms with Gasteiger partial charge in [-0.2, -0.15) is 0 Å². The van der Waals surface area contributed by atoms with E-state index in [1.54, 1.807) is 24.3 Å². The van der Waals surface area contributed by atoms with Gasteiger partial charge in [0, 0.05) is 6.07 Å². The molecule has 1 aliphatic heterocycles. The van der Waals surface area contributed by atoms with Crippen molar-refractivity contribution in [2.24, 2.45) is 17.8 Å². The molecular weight excluding hydrogens is 354 g/mol. The molecule has 5 heteroatoms. The average molecular weight is 377 g/mol. The summed E-state index contributed by atoms with van der Waals surface area (Å²) < 4.78 is 5.44. The number of imide groups is 1. The lowest BCUT2D eigenvalue weighted by Gasteiger charge is -2.25. The number of carbonyl (C=O) groups is 3. The monoisotopic (exact) mass is 377 g/mol. The highest BCUT2D eigenvalue weighted by atomic mass is 16.5. The number of anilines is 1. The van der Waals surface area contributed by atoms with Crippen molar-refractivity contribution in [3.05, 3.63) is 60.2 Å². The number of fused-ring (bicyclic) bond motifs is 1. The first-order chi connectivity index (χ1) is 13.5. The molecule has 5 nitrogen and oxygen atoms in total. The molecule has 2 aliphatic rings. The maximum absolute atomic E-state index is 12.9. The highest BCUT2D eigenvalue weighted by Gasteiger charge is 2.50. The molecule has 0 spiro atoms. The summed E-state index contributed by atoms with van der Waals surface area (Å²) in [5.41, 5.74) is 1.34. The molecule has 0 unspecified atom stereocenters. The third kappa shape index (κ3) is 3.57. The lowest BCUT2D eigenvalue weighted by molar-refractivity contribution is -0.133. The van der Waals surface area contributed by atoms with Crippen molar-refractivity contribution in [3.63, 3.8) is 0 Å².